The van der Waals surface area contributed by atoms with Crippen molar-refractivity contribution in [2.75, 3.05) is 19.7 Å². The zero-order valence-electron chi connectivity index (χ0n) is 10.2. The molecule has 19 heavy (non-hydrogen) atoms. The quantitative estimate of drug-likeness (QED) is 0.804. The van der Waals surface area contributed by atoms with Gasteiger partial charge in [0.2, 0.25) is 5.82 Å². The Morgan fingerprint density at radius 2 is 2.32 bits per heavy atom. The van der Waals surface area contributed by atoms with Gasteiger partial charge in [0.25, 0.3) is 5.91 Å². The summed E-state index contributed by atoms with van der Waals surface area (Å²) in [5.41, 5.74) is 1.34. The monoisotopic (exact) mass is 259 g/mol. The van der Waals surface area contributed by atoms with Crippen molar-refractivity contribution in [3.8, 4) is 11.4 Å². The van der Waals surface area contributed by atoms with E-state index in [1.807, 2.05) is 6.07 Å². The van der Waals surface area contributed by atoms with E-state index < -0.39 is 0 Å². The van der Waals surface area contributed by atoms with E-state index >= 15 is 0 Å². The largest absolute Gasteiger partial charge is 0.396 e. The summed E-state index contributed by atoms with van der Waals surface area (Å²) in [6.45, 7) is 1.36. The summed E-state index contributed by atoms with van der Waals surface area (Å²) in [4.78, 5) is 13.9. The zero-order chi connectivity index (χ0) is 13.2. The van der Waals surface area contributed by atoms with E-state index in [0.717, 1.165) is 5.56 Å². The van der Waals surface area contributed by atoms with Gasteiger partial charge in [0.1, 0.15) is 0 Å². The minimum absolute atomic E-state index is 0.0324. The number of H-pyrrole nitrogens is 1. The number of benzene rings is 1. The molecular weight excluding hydrogens is 246 g/mol. The molecule has 2 aromatic rings. The van der Waals surface area contributed by atoms with Crippen LogP contribution in [0.3, 0.4) is 0 Å². The Balaban J connectivity index is 1.78. The number of carbonyl (C=O) groups is 1. The van der Waals surface area contributed by atoms with Gasteiger partial charge in [0.15, 0.2) is 0 Å². The lowest BCUT2D eigenvalue weighted by molar-refractivity contribution is 0.0362. The van der Waals surface area contributed by atoms with Gasteiger partial charge in [-0.3, -0.25) is 4.79 Å². The molecular formula is C12H13N5O2. The lowest BCUT2D eigenvalue weighted by atomic mass is 9.99. The molecule has 1 aliphatic heterocycles. The van der Waals surface area contributed by atoms with E-state index in [9.17, 15) is 4.79 Å². The van der Waals surface area contributed by atoms with Gasteiger partial charge >= 0.3 is 0 Å². The number of carbonyl (C=O) groups excluding carboxylic acids is 1. The van der Waals surface area contributed by atoms with Crippen LogP contribution in [0.1, 0.15) is 10.4 Å². The summed E-state index contributed by atoms with van der Waals surface area (Å²) in [7, 11) is 0. The third kappa shape index (κ3) is 2.19. The normalized spacial score (nSPS) is 15.3. The van der Waals surface area contributed by atoms with Gasteiger partial charge < -0.3 is 10.0 Å². The van der Waals surface area contributed by atoms with E-state index in [1.54, 1.807) is 23.1 Å². The number of aromatic amines is 1. The first-order valence-electron chi connectivity index (χ1n) is 6.02. The van der Waals surface area contributed by atoms with Gasteiger partial charge in [0.05, 0.1) is 0 Å². The standard InChI is InChI=1S/C12H13N5O2/c18-7-8-5-17(6-8)12(19)10-3-1-2-9(4-10)11-13-15-16-14-11/h1-4,8,18H,5-7H2,(H,13,14,15,16). The first kappa shape index (κ1) is 11.8. The van der Waals surface area contributed by atoms with E-state index in [-0.39, 0.29) is 18.4 Å². The van der Waals surface area contributed by atoms with E-state index in [4.69, 9.17) is 5.11 Å². The van der Waals surface area contributed by atoms with E-state index in [0.29, 0.717) is 24.5 Å². The zero-order valence-corrected chi connectivity index (χ0v) is 10.2. The maximum Gasteiger partial charge on any atom is 0.253 e. The molecule has 7 heteroatoms. The number of hydrogen-bond acceptors (Lipinski definition) is 5. The minimum atomic E-state index is -0.0324. The predicted octanol–water partition coefficient (Wildman–Crippen LogP) is -0.0690. The Labute approximate surface area is 109 Å². The topological polar surface area (TPSA) is 95.0 Å². The number of nitrogens with one attached hydrogen (secondary N) is 1. The summed E-state index contributed by atoms with van der Waals surface area (Å²) in [5.74, 6) is 0.644. The Kier molecular flexibility index (Phi) is 2.96. The highest BCUT2D eigenvalue weighted by Crippen LogP contribution is 2.21. The number of tetrazole rings is 1. The van der Waals surface area contributed by atoms with Crippen LogP contribution in [0.2, 0.25) is 0 Å². The van der Waals surface area contributed by atoms with Crippen LogP contribution in [0, 0.1) is 5.92 Å². The van der Waals surface area contributed by atoms with Crippen molar-refractivity contribution >= 4 is 5.91 Å². The number of nitrogens with zero attached hydrogens (tertiary/aromatic N) is 4. The van der Waals surface area contributed by atoms with Crippen molar-refractivity contribution in [2.24, 2.45) is 5.92 Å². The molecule has 1 aliphatic rings. The molecule has 1 saturated heterocycles. The van der Waals surface area contributed by atoms with E-state index in [1.165, 1.54) is 0 Å². The first-order valence-corrected chi connectivity index (χ1v) is 6.02. The molecule has 0 atom stereocenters. The second-order valence-electron chi connectivity index (χ2n) is 4.57. The van der Waals surface area contributed by atoms with Crippen LogP contribution in [-0.2, 0) is 0 Å². The highest BCUT2D eigenvalue weighted by atomic mass is 16.3. The van der Waals surface area contributed by atoms with Crippen molar-refractivity contribution in [1.82, 2.24) is 25.5 Å². The molecule has 1 aromatic heterocycles. The third-order valence-electron chi connectivity index (χ3n) is 3.22. The molecule has 2 heterocycles. The van der Waals surface area contributed by atoms with Gasteiger partial charge in [0, 0.05) is 36.7 Å². The summed E-state index contributed by atoms with van der Waals surface area (Å²) < 4.78 is 0. The molecule has 7 nitrogen and oxygen atoms in total. The molecule has 0 spiro atoms. The van der Waals surface area contributed by atoms with Crippen molar-refractivity contribution in [3.63, 3.8) is 0 Å². The first-order chi connectivity index (χ1) is 9.28. The molecule has 98 valence electrons. The summed E-state index contributed by atoms with van der Waals surface area (Å²) in [6.07, 6.45) is 0. The Morgan fingerprint density at radius 3 is 3.00 bits per heavy atom. The lowest BCUT2D eigenvalue weighted by Crippen LogP contribution is -2.51. The fraction of sp³-hybridized carbons (Fsp3) is 0.333. The summed E-state index contributed by atoms with van der Waals surface area (Å²) >= 11 is 0. The Bertz CT molecular complexity index is 578. The van der Waals surface area contributed by atoms with Crippen molar-refractivity contribution in [2.45, 2.75) is 0 Å². The molecule has 0 radical (unpaired) electrons. The molecule has 1 fully saturated rings. The molecule has 3 rings (SSSR count). The molecule has 1 amide bonds. The maximum absolute atomic E-state index is 12.2. The third-order valence-corrected chi connectivity index (χ3v) is 3.22. The number of hydrogen-bond donors (Lipinski definition) is 2. The van der Waals surface area contributed by atoms with Crippen LogP contribution in [0.5, 0.6) is 0 Å². The fourth-order valence-corrected chi connectivity index (χ4v) is 2.11. The van der Waals surface area contributed by atoms with Crippen LogP contribution in [0.15, 0.2) is 24.3 Å². The van der Waals surface area contributed by atoms with Crippen molar-refractivity contribution < 1.29 is 9.90 Å². The lowest BCUT2D eigenvalue weighted by Gasteiger charge is -2.38. The molecule has 0 saturated carbocycles. The van der Waals surface area contributed by atoms with E-state index in [2.05, 4.69) is 20.6 Å². The molecule has 2 N–H and O–H groups in total. The SMILES string of the molecule is O=C(c1cccc(-c2nn[nH]n2)c1)N1CC(CO)C1. The predicted molar refractivity (Wildman–Crippen MR) is 66.1 cm³/mol. The van der Waals surface area contributed by atoms with Crippen molar-refractivity contribution in [1.29, 1.82) is 0 Å². The average molecular weight is 259 g/mol. The highest BCUT2D eigenvalue weighted by molar-refractivity contribution is 5.95. The number of likely N-dealkylation sites (tertiary alicyclic amines) is 1. The Morgan fingerprint density at radius 1 is 1.47 bits per heavy atom. The average Bonchev–Trinajstić information content (AvgIpc) is 2.91. The summed E-state index contributed by atoms with van der Waals surface area (Å²) in [6, 6.07) is 7.13. The number of amides is 1. The molecule has 0 unspecified atom stereocenters. The molecule has 1 aromatic carbocycles. The second kappa shape index (κ2) is 4.77. The van der Waals surface area contributed by atoms with Crippen LogP contribution < -0.4 is 0 Å². The Hall–Kier alpha value is -2.28. The summed E-state index contributed by atoms with van der Waals surface area (Å²) in [5, 5.41) is 22.6. The number of rotatable bonds is 3. The van der Waals surface area contributed by atoms with Crippen molar-refractivity contribution in [3.05, 3.63) is 29.8 Å². The van der Waals surface area contributed by atoms with Crippen LogP contribution in [-0.4, -0.2) is 56.2 Å². The smallest absolute Gasteiger partial charge is 0.253 e. The number of aromatic nitrogens is 4. The molecule has 0 bridgehead atoms. The second-order valence-corrected chi connectivity index (χ2v) is 4.57. The van der Waals surface area contributed by atoms with Gasteiger partial charge in [-0.2, -0.15) is 5.21 Å². The highest BCUT2D eigenvalue weighted by Gasteiger charge is 2.30. The van der Waals surface area contributed by atoms with Gasteiger partial charge in [-0.25, -0.2) is 0 Å². The van der Waals surface area contributed by atoms with Gasteiger partial charge in [-0.1, -0.05) is 12.1 Å². The van der Waals surface area contributed by atoms with Gasteiger partial charge in [-0.15, -0.1) is 10.2 Å². The van der Waals surface area contributed by atoms with Gasteiger partial charge in [-0.05, 0) is 17.3 Å². The number of aliphatic hydroxyl groups is 1. The molecule has 0 aliphatic carbocycles. The van der Waals surface area contributed by atoms with Crippen LogP contribution in [0.4, 0.5) is 0 Å². The maximum atomic E-state index is 12.2. The minimum Gasteiger partial charge on any atom is -0.396 e. The van der Waals surface area contributed by atoms with Crippen LogP contribution >= 0.6 is 0 Å². The fourth-order valence-electron chi connectivity index (χ4n) is 2.11. The van der Waals surface area contributed by atoms with Crippen LogP contribution in [0.25, 0.3) is 11.4 Å². The number of aliphatic hydroxyl groups excluding tert-OH is 1.